The van der Waals surface area contributed by atoms with Crippen molar-refractivity contribution in [1.29, 1.82) is 5.26 Å². The Kier molecular flexibility index (Phi) is 4.28. The molecule has 18 heavy (non-hydrogen) atoms. The highest BCUT2D eigenvalue weighted by molar-refractivity contribution is 9.11. The first kappa shape index (κ1) is 13.4. The van der Waals surface area contributed by atoms with Crippen molar-refractivity contribution in [1.82, 2.24) is 0 Å². The Morgan fingerprint density at radius 2 is 1.89 bits per heavy atom. The second kappa shape index (κ2) is 5.75. The molecule has 0 aromatic heterocycles. The van der Waals surface area contributed by atoms with Crippen molar-refractivity contribution >= 4 is 54.8 Å². The first-order valence-electron chi connectivity index (χ1n) is 5.02. The molecule has 0 spiro atoms. The highest BCUT2D eigenvalue weighted by Crippen LogP contribution is 2.33. The Bertz CT molecular complexity index is 635. The van der Waals surface area contributed by atoms with Crippen LogP contribution in [0.5, 0.6) is 0 Å². The predicted octanol–water partition coefficient (Wildman–Crippen LogP) is 5.48. The number of nitrogens with zero attached hydrogens (tertiary/aromatic N) is 1. The van der Waals surface area contributed by atoms with Gasteiger partial charge in [-0.15, -0.1) is 0 Å². The zero-order valence-corrected chi connectivity index (χ0v) is 13.0. The Morgan fingerprint density at radius 1 is 1.11 bits per heavy atom. The molecular formula is C13H7Br2ClN2. The zero-order chi connectivity index (χ0) is 13.1. The van der Waals surface area contributed by atoms with Gasteiger partial charge in [0.25, 0.3) is 0 Å². The highest BCUT2D eigenvalue weighted by Gasteiger charge is 2.07. The topological polar surface area (TPSA) is 35.8 Å². The monoisotopic (exact) mass is 384 g/mol. The summed E-state index contributed by atoms with van der Waals surface area (Å²) in [5.74, 6) is 0. The van der Waals surface area contributed by atoms with Crippen LogP contribution in [0.2, 0.25) is 5.02 Å². The quantitative estimate of drug-likeness (QED) is 0.742. The maximum Gasteiger partial charge on any atom is 0.101 e. The molecule has 2 rings (SSSR count). The molecule has 0 atom stereocenters. The van der Waals surface area contributed by atoms with Crippen LogP contribution in [0.15, 0.2) is 45.3 Å². The molecule has 0 heterocycles. The van der Waals surface area contributed by atoms with Gasteiger partial charge >= 0.3 is 0 Å². The number of halogens is 3. The average Bonchev–Trinajstić information content (AvgIpc) is 2.35. The van der Waals surface area contributed by atoms with E-state index in [1.54, 1.807) is 12.1 Å². The van der Waals surface area contributed by atoms with Gasteiger partial charge in [-0.2, -0.15) is 5.26 Å². The van der Waals surface area contributed by atoms with Crippen molar-refractivity contribution in [3.8, 4) is 6.07 Å². The minimum absolute atomic E-state index is 0.574. The SMILES string of the molecule is N#Cc1ccc(Br)cc1Nc1cccc(Cl)c1Br. The molecule has 2 aromatic carbocycles. The summed E-state index contributed by atoms with van der Waals surface area (Å²) >= 11 is 12.8. The van der Waals surface area contributed by atoms with Crippen LogP contribution >= 0.6 is 43.5 Å². The van der Waals surface area contributed by atoms with Gasteiger partial charge in [0.15, 0.2) is 0 Å². The standard InChI is InChI=1S/C13H7Br2ClN2/c14-9-5-4-8(7-17)12(6-9)18-11-3-1-2-10(16)13(11)15/h1-6,18H. The van der Waals surface area contributed by atoms with Crippen LogP contribution in [0.4, 0.5) is 11.4 Å². The summed E-state index contributed by atoms with van der Waals surface area (Å²) in [7, 11) is 0. The van der Waals surface area contributed by atoms with E-state index in [9.17, 15) is 0 Å². The van der Waals surface area contributed by atoms with Gasteiger partial charge in [-0.05, 0) is 46.3 Å². The minimum Gasteiger partial charge on any atom is -0.353 e. The molecule has 0 aliphatic carbocycles. The van der Waals surface area contributed by atoms with Crippen LogP contribution in [-0.2, 0) is 0 Å². The first-order valence-corrected chi connectivity index (χ1v) is 6.99. The molecule has 0 aliphatic rings. The van der Waals surface area contributed by atoms with Crippen LogP contribution in [0, 0.1) is 11.3 Å². The van der Waals surface area contributed by atoms with Gasteiger partial charge in [-0.25, -0.2) is 0 Å². The molecule has 5 heteroatoms. The van der Waals surface area contributed by atoms with E-state index in [-0.39, 0.29) is 0 Å². The third kappa shape index (κ3) is 2.86. The van der Waals surface area contributed by atoms with E-state index in [2.05, 4.69) is 43.2 Å². The fourth-order valence-electron chi connectivity index (χ4n) is 1.46. The molecule has 0 amide bonds. The fourth-order valence-corrected chi connectivity index (χ4v) is 2.36. The number of anilines is 2. The predicted molar refractivity (Wildman–Crippen MR) is 81.3 cm³/mol. The van der Waals surface area contributed by atoms with Crippen molar-refractivity contribution in [2.24, 2.45) is 0 Å². The number of nitriles is 1. The normalized spacial score (nSPS) is 9.89. The van der Waals surface area contributed by atoms with E-state index in [0.29, 0.717) is 10.6 Å². The van der Waals surface area contributed by atoms with Gasteiger partial charge in [0.2, 0.25) is 0 Å². The molecule has 0 aliphatic heterocycles. The van der Waals surface area contributed by atoms with E-state index in [4.69, 9.17) is 16.9 Å². The number of benzene rings is 2. The first-order chi connectivity index (χ1) is 8.61. The Labute approximate surface area is 127 Å². The highest BCUT2D eigenvalue weighted by atomic mass is 79.9. The van der Waals surface area contributed by atoms with Gasteiger partial charge in [0.05, 0.1) is 26.4 Å². The number of rotatable bonds is 2. The second-order valence-electron chi connectivity index (χ2n) is 3.53. The van der Waals surface area contributed by atoms with Crippen LogP contribution in [0.1, 0.15) is 5.56 Å². The lowest BCUT2D eigenvalue weighted by molar-refractivity contribution is 1.45. The maximum atomic E-state index is 9.07. The fraction of sp³-hybridized carbons (Fsp3) is 0. The van der Waals surface area contributed by atoms with E-state index in [1.807, 2.05) is 24.3 Å². The van der Waals surface area contributed by atoms with E-state index < -0.39 is 0 Å². The second-order valence-corrected chi connectivity index (χ2v) is 5.64. The number of nitrogens with one attached hydrogen (secondary N) is 1. The summed E-state index contributed by atoms with van der Waals surface area (Å²) in [6, 6.07) is 13.1. The minimum atomic E-state index is 0.574. The molecule has 1 N–H and O–H groups in total. The van der Waals surface area contributed by atoms with Crippen molar-refractivity contribution in [3.05, 3.63) is 55.9 Å². The van der Waals surface area contributed by atoms with Crippen molar-refractivity contribution in [3.63, 3.8) is 0 Å². The van der Waals surface area contributed by atoms with E-state index in [0.717, 1.165) is 20.3 Å². The third-order valence-corrected chi connectivity index (χ3v) is 4.21. The van der Waals surface area contributed by atoms with Crippen LogP contribution in [-0.4, -0.2) is 0 Å². The molecule has 0 saturated heterocycles. The molecule has 90 valence electrons. The van der Waals surface area contributed by atoms with Gasteiger partial charge < -0.3 is 5.32 Å². The molecular weight excluding hydrogens is 379 g/mol. The van der Waals surface area contributed by atoms with Crippen molar-refractivity contribution in [2.75, 3.05) is 5.32 Å². The smallest absolute Gasteiger partial charge is 0.101 e. The summed E-state index contributed by atoms with van der Waals surface area (Å²) in [5.41, 5.74) is 2.12. The largest absolute Gasteiger partial charge is 0.353 e. The van der Waals surface area contributed by atoms with Crippen LogP contribution in [0.25, 0.3) is 0 Å². The van der Waals surface area contributed by atoms with Crippen molar-refractivity contribution in [2.45, 2.75) is 0 Å². The van der Waals surface area contributed by atoms with Gasteiger partial charge in [-0.1, -0.05) is 33.6 Å². The van der Waals surface area contributed by atoms with Gasteiger partial charge in [0, 0.05) is 4.47 Å². The lowest BCUT2D eigenvalue weighted by Gasteiger charge is -2.11. The third-order valence-electron chi connectivity index (χ3n) is 2.32. The van der Waals surface area contributed by atoms with Gasteiger partial charge in [0.1, 0.15) is 6.07 Å². The van der Waals surface area contributed by atoms with Crippen LogP contribution < -0.4 is 5.32 Å². The average molecular weight is 386 g/mol. The summed E-state index contributed by atoms with van der Waals surface area (Å²) in [5, 5.41) is 12.9. The van der Waals surface area contributed by atoms with E-state index >= 15 is 0 Å². The molecule has 0 saturated carbocycles. The van der Waals surface area contributed by atoms with E-state index in [1.165, 1.54) is 0 Å². The Balaban J connectivity index is 2.43. The number of hydrogen-bond donors (Lipinski definition) is 1. The Hall–Kier alpha value is -1.02. The zero-order valence-electron chi connectivity index (χ0n) is 9.05. The van der Waals surface area contributed by atoms with Gasteiger partial charge in [-0.3, -0.25) is 0 Å². The lowest BCUT2D eigenvalue weighted by Crippen LogP contribution is -1.94. The lowest BCUT2D eigenvalue weighted by atomic mass is 10.2. The van der Waals surface area contributed by atoms with Crippen molar-refractivity contribution < 1.29 is 0 Å². The maximum absolute atomic E-state index is 9.07. The molecule has 0 radical (unpaired) electrons. The molecule has 2 nitrogen and oxygen atoms in total. The molecule has 0 unspecified atom stereocenters. The molecule has 0 fully saturated rings. The summed E-state index contributed by atoms with van der Waals surface area (Å²) in [6.07, 6.45) is 0. The molecule has 2 aromatic rings. The molecule has 0 bridgehead atoms. The summed E-state index contributed by atoms with van der Waals surface area (Å²) in [4.78, 5) is 0. The number of hydrogen-bond acceptors (Lipinski definition) is 2. The van der Waals surface area contributed by atoms with Crippen LogP contribution in [0.3, 0.4) is 0 Å². The Morgan fingerprint density at radius 3 is 2.61 bits per heavy atom. The summed E-state index contributed by atoms with van der Waals surface area (Å²) < 4.78 is 1.68. The summed E-state index contributed by atoms with van der Waals surface area (Å²) in [6.45, 7) is 0.